The number of aliphatic hydroxyl groups is 1. The first-order chi connectivity index (χ1) is 6.53. The highest BCUT2D eigenvalue weighted by Crippen LogP contribution is 2.37. The quantitative estimate of drug-likeness (QED) is 0.738. The molecule has 0 spiro atoms. The Bertz CT molecular complexity index is 221. The lowest BCUT2D eigenvalue weighted by molar-refractivity contribution is -0.211. The van der Waals surface area contributed by atoms with E-state index in [9.17, 15) is 5.11 Å². The van der Waals surface area contributed by atoms with Gasteiger partial charge in [-0.25, -0.2) is 0 Å². The van der Waals surface area contributed by atoms with E-state index in [-0.39, 0.29) is 12.2 Å². The molecular weight excluding hydrogens is 204 g/mol. The lowest BCUT2D eigenvalue weighted by Crippen LogP contribution is -2.35. The molecule has 1 N–H and O–H groups in total. The predicted octanol–water partition coefficient (Wildman–Crippen LogP) is 0.587. The van der Waals surface area contributed by atoms with E-state index in [4.69, 9.17) is 14.2 Å². The third kappa shape index (κ3) is 1.79. The smallest absolute Gasteiger partial charge is 0.190 e. The molecule has 0 radical (unpaired) electrons. The molecule has 0 aliphatic carbocycles. The first kappa shape index (κ1) is 10.7. The van der Waals surface area contributed by atoms with Crippen molar-refractivity contribution in [3.63, 3.8) is 0 Å². The normalized spacial score (nSPS) is 45.4. The molecule has 0 bridgehead atoms. The van der Waals surface area contributed by atoms with E-state index < -0.39 is 18.2 Å². The fraction of sp³-hybridized carbons (Fsp3) is 1.00. The van der Waals surface area contributed by atoms with Crippen LogP contribution in [0.1, 0.15) is 13.8 Å². The molecule has 2 fully saturated rings. The van der Waals surface area contributed by atoms with Crippen LogP contribution >= 0.6 is 11.8 Å². The summed E-state index contributed by atoms with van der Waals surface area (Å²) >= 11 is 1.65. The van der Waals surface area contributed by atoms with Crippen LogP contribution in [0.25, 0.3) is 0 Å². The third-order valence-corrected chi connectivity index (χ3v) is 3.11. The fourth-order valence-corrected chi connectivity index (χ4v) is 2.46. The SMILES string of the molecule is CSCC1OC2OC(C)(C)OC2C1O. The molecule has 0 amide bonds. The van der Waals surface area contributed by atoms with Crippen molar-refractivity contribution in [2.45, 2.75) is 44.2 Å². The first-order valence-electron chi connectivity index (χ1n) is 4.71. The summed E-state index contributed by atoms with van der Waals surface area (Å²) in [7, 11) is 0. The maximum atomic E-state index is 9.88. The topological polar surface area (TPSA) is 47.9 Å². The minimum atomic E-state index is -0.638. The van der Waals surface area contributed by atoms with Crippen LogP contribution < -0.4 is 0 Å². The van der Waals surface area contributed by atoms with Crippen LogP contribution in [-0.4, -0.2) is 47.5 Å². The van der Waals surface area contributed by atoms with Gasteiger partial charge in [-0.1, -0.05) is 0 Å². The van der Waals surface area contributed by atoms with Gasteiger partial charge in [0, 0.05) is 5.75 Å². The van der Waals surface area contributed by atoms with Gasteiger partial charge < -0.3 is 19.3 Å². The Morgan fingerprint density at radius 3 is 2.64 bits per heavy atom. The second-order valence-electron chi connectivity index (χ2n) is 4.09. The van der Waals surface area contributed by atoms with Crippen LogP contribution in [0.15, 0.2) is 0 Å². The summed E-state index contributed by atoms with van der Waals surface area (Å²) < 4.78 is 16.6. The number of hydrogen-bond donors (Lipinski definition) is 1. The highest BCUT2D eigenvalue weighted by Gasteiger charge is 2.53. The number of thioether (sulfide) groups is 1. The number of ether oxygens (including phenoxy) is 3. The molecule has 2 heterocycles. The predicted molar refractivity (Wildman–Crippen MR) is 53.1 cm³/mol. The van der Waals surface area contributed by atoms with Gasteiger partial charge in [0.2, 0.25) is 0 Å². The van der Waals surface area contributed by atoms with Crippen molar-refractivity contribution in [3.05, 3.63) is 0 Å². The zero-order valence-corrected chi connectivity index (χ0v) is 9.41. The molecule has 0 saturated carbocycles. The summed E-state index contributed by atoms with van der Waals surface area (Å²) in [5.41, 5.74) is 0. The van der Waals surface area contributed by atoms with Gasteiger partial charge in [0.1, 0.15) is 12.2 Å². The van der Waals surface area contributed by atoms with E-state index in [1.165, 1.54) is 0 Å². The Balaban J connectivity index is 2.00. The van der Waals surface area contributed by atoms with Crippen molar-refractivity contribution in [2.75, 3.05) is 12.0 Å². The van der Waals surface area contributed by atoms with Crippen LogP contribution in [0, 0.1) is 0 Å². The lowest BCUT2D eigenvalue weighted by Gasteiger charge is -2.22. The van der Waals surface area contributed by atoms with E-state index in [0.717, 1.165) is 5.75 Å². The number of aliphatic hydroxyl groups excluding tert-OH is 1. The molecule has 0 aromatic heterocycles. The van der Waals surface area contributed by atoms with E-state index >= 15 is 0 Å². The summed E-state index contributed by atoms with van der Waals surface area (Å²) in [5, 5.41) is 9.88. The van der Waals surface area contributed by atoms with Crippen molar-refractivity contribution in [3.8, 4) is 0 Å². The molecule has 4 unspecified atom stereocenters. The molecule has 2 aliphatic heterocycles. The van der Waals surface area contributed by atoms with Gasteiger partial charge in [0.15, 0.2) is 12.1 Å². The monoisotopic (exact) mass is 220 g/mol. The van der Waals surface area contributed by atoms with Gasteiger partial charge in [0.25, 0.3) is 0 Å². The molecule has 2 rings (SSSR count). The molecule has 4 nitrogen and oxygen atoms in total. The average molecular weight is 220 g/mol. The molecule has 2 saturated heterocycles. The Labute approximate surface area is 87.9 Å². The van der Waals surface area contributed by atoms with Crippen molar-refractivity contribution in [1.82, 2.24) is 0 Å². The van der Waals surface area contributed by atoms with Gasteiger partial charge in [0.05, 0.1) is 6.10 Å². The maximum Gasteiger partial charge on any atom is 0.190 e. The molecule has 82 valence electrons. The Morgan fingerprint density at radius 2 is 2.07 bits per heavy atom. The van der Waals surface area contributed by atoms with Crippen LogP contribution in [0.5, 0.6) is 0 Å². The van der Waals surface area contributed by atoms with Crippen LogP contribution in [0.3, 0.4) is 0 Å². The third-order valence-electron chi connectivity index (χ3n) is 2.45. The fourth-order valence-electron chi connectivity index (χ4n) is 1.86. The maximum absolute atomic E-state index is 9.88. The summed E-state index contributed by atoms with van der Waals surface area (Å²) in [6.45, 7) is 3.65. The van der Waals surface area contributed by atoms with Gasteiger partial charge in [-0.15, -0.1) is 0 Å². The second kappa shape index (κ2) is 3.64. The zero-order chi connectivity index (χ0) is 10.3. The minimum Gasteiger partial charge on any atom is -0.387 e. The van der Waals surface area contributed by atoms with E-state index in [1.54, 1.807) is 11.8 Å². The van der Waals surface area contributed by atoms with Crippen LogP contribution in [-0.2, 0) is 14.2 Å². The number of fused-ring (bicyclic) bond motifs is 1. The molecule has 5 heteroatoms. The molecular formula is C9H16O4S. The molecule has 2 aliphatic rings. The zero-order valence-electron chi connectivity index (χ0n) is 8.60. The van der Waals surface area contributed by atoms with Crippen LogP contribution in [0.2, 0.25) is 0 Å². The Hall–Kier alpha value is 0.190. The van der Waals surface area contributed by atoms with Crippen molar-refractivity contribution >= 4 is 11.8 Å². The van der Waals surface area contributed by atoms with Gasteiger partial charge in [-0.2, -0.15) is 11.8 Å². The Morgan fingerprint density at radius 1 is 1.36 bits per heavy atom. The average Bonchev–Trinajstić information content (AvgIpc) is 2.50. The highest BCUT2D eigenvalue weighted by atomic mass is 32.2. The van der Waals surface area contributed by atoms with Gasteiger partial charge >= 0.3 is 0 Å². The molecule has 14 heavy (non-hydrogen) atoms. The van der Waals surface area contributed by atoms with E-state index in [0.29, 0.717) is 0 Å². The van der Waals surface area contributed by atoms with E-state index in [2.05, 4.69) is 0 Å². The van der Waals surface area contributed by atoms with Gasteiger partial charge in [-0.3, -0.25) is 0 Å². The van der Waals surface area contributed by atoms with Crippen molar-refractivity contribution < 1.29 is 19.3 Å². The van der Waals surface area contributed by atoms with E-state index in [1.807, 2.05) is 20.1 Å². The minimum absolute atomic E-state index is 0.170. The first-order valence-corrected chi connectivity index (χ1v) is 6.11. The largest absolute Gasteiger partial charge is 0.387 e. The number of rotatable bonds is 2. The van der Waals surface area contributed by atoms with Crippen LogP contribution in [0.4, 0.5) is 0 Å². The Kier molecular flexibility index (Phi) is 2.79. The highest BCUT2D eigenvalue weighted by molar-refractivity contribution is 7.98. The summed E-state index contributed by atoms with van der Waals surface area (Å²) in [4.78, 5) is 0. The summed E-state index contributed by atoms with van der Waals surface area (Å²) in [6.07, 6.45) is 0.500. The van der Waals surface area contributed by atoms with Gasteiger partial charge in [-0.05, 0) is 20.1 Å². The van der Waals surface area contributed by atoms with Crippen molar-refractivity contribution in [1.29, 1.82) is 0 Å². The summed E-state index contributed by atoms with van der Waals surface area (Å²) in [5.74, 6) is 0.127. The standard InChI is InChI=1S/C9H16O4S/c1-9(2)12-7-6(10)5(4-14-3)11-8(7)13-9/h5-8,10H,4H2,1-3H3. The van der Waals surface area contributed by atoms with Crippen molar-refractivity contribution in [2.24, 2.45) is 0 Å². The lowest BCUT2D eigenvalue weighted by atomic mass is 10.1. The number of hydrogen-bond acceptors (Lipinski definition) is 5. The second-order valence-corrected chi connectivity index (χ2v) is 5.00. The molecule has 0 aromatic rings. The molecule has 4 atom stereocenters. The molecule has 0 aromatic carbocycles. The summed E-state index contributed by atoms with van der Waals surface area (Å²) in [6, 6.07) is 0.